The van der Waals surface area contributed by atoms with E-state index in [0.717, 1.165) is 36.7 Å². The highest BCUT2D eigenvalue weighted by Crippen LogP contribution is 2.46. The first-order chi connectivity index (χ1) is 12.9. The summed E-state index contributed by atoms with van der Waals surface area (Å²) in [6, 6.07) is 8.57. The molecule has 2 atom stereocenters. The Labute approximate surface area is 172 Å². The molecule has 5 heteroatoms. The molecule has 0 fully saturated rings. The van der Waals surface area contributed by atoms with Crippen molar-refractivity contribution in [1.29, 1.82) is 0 Å². The van der Waals surface area contributed by atoms with Gasteiger partial charge in [-0.05, 0) is 59.6 Å². The lowest BCUT2D eigenvalue weighted by atomic mass is 9.71. The van der Waals surface area contributed by atoms with Crippen LogP contribution in [0.3, 0.4) is 0 Å². The highest BCUT2D eigenvalue weighted by molar-refractivity contribution is 9.10. The summed E-state index contributed by atoms with van der Waals surface area (Å²) in [6.07, 6.45) is 4.21. The Morgan fingerprint density at radius 1 is 1.37 bits per heavy atom. The molecule has 0 saturated heterocycles. The summed E-state index contributed by atoms with van der Waals surface area (Å²) in [5.41, 5.74) is 6.90. The van der Waals surface area contributed by atoms with Gasteiger partial charge in [0.2, 0.25) is 0 Å². The van der Waals surface area contributed by atoms with Crippen LogP contribution in [0.4, 0.5) is 0 Å². The molecule has 4 rings (SSSR count). The predicted molar refractivity (Wildman–Crippen MR) is 116 cm³/mol. The molecule has 142 valence electrons. The summed E-state index contributed by atoms with van der Waals surface area (Å²) in [4.78, 5) is 15.4. The number of rotatable bonds is 3. The summed E-state index contributed by atoms with van der Waals surface area (Å²) in [7, 11) is 1.84. The maximum atomic E-state index is 12.4. The van der Waals surface area contributed by atoms with E-state index in [0.29, 0.717) is 10.9 Å². The molecule has 0 bridgehead atoms. The van der Waals surface area contributed by atoms with Crippen molar-refractivity contribution in [1.82, 2.24) is 9.55 Å². The number of benzene rings is 2. The fraction of sp³-hybridized carbons (Fsp3) is 0.409. The summed E-state index contributed by atoms with van der Waals surface area (Å²) >= 11 is 10.3. The number of hydrogen-bond donors (Lipinski definition) is 1. The average Bonchev–Trinajstić information content (AvgIpc) is 2.93. The third kappa shape index (κ3) is 2.98. The molecule has 1 heterocycles. The molecule has 0 spiro atoms. The zero-order chi connectivity index (χ0) is 19.3. The van der Waals surface area contributed by atoms with E-state index >= 15 is 0 Å². The molecule has 0 unspecified atom stereocenters. The summed E-state index contributed by atoms with van der Waals surface area (Å²) in [5, 5.41) is 0.632. The number of aromatic nitrogens is 2. The molecule has 1 N–H and O–H groups in total. The molecule has 2 aromatic carbocycles. The first-order valence-corrected chi connectivity index (χ1v) is 10.8. The van der Waals surface area contributed by atoms with Gasteiger partial charge in [-0.1, -0.05) is 59.9 Å². The number of nitrogens with one attached hydrogen (secondary N) is 1. The number of hydrogen-bond acceptors (Lipinski definition) is 1. The van der Waals surface area contributed by atoms with Crippen LogP contribution < -0.4 is 5.69 Å². The number of aryl methyl sites for hydroxylation is 2. The zero-order valence-electron chi connectivity index (χ0n) is 15.9. The molecule has 3 aromatic rings. The van der Waals surface area contributed by atoms with Gasteiger partial charge >= 0.3 is 5.69 Å². The van der Waals surface area contributed by atoms with Crippen LogP contribution in [0.2, 0.25) is 5.02 Å². The van der Waals surface area contributed by atoms with Crippen molar-refractivity contribution in [2.45, 2.75) is 45.4 Å². The number of halogens is 2. The Bertz CT molecular complexity index is 1080. The second-order valence-electron chi connectivity index (χ2n) is 7.70. The van der Waals surface area contributed by atoms with Gasteiger partial charge in [-0.2, -0.15) is 0 Å². The molecule has 1 aliphatic rings. The average molecular weight is 448 g/mol. The summed E-state index contributed by atoms with van der Waals surface area (Å²) in [5.74, 6) is 0.755. The molecule has 1 aliphatic carbocycles. The lowest BCUT2D eigenvalue weighted by molar-refractivity contribution is 0.444. The van der Waals surface area contributed by atoms with Gasteiger partial charge in [0.15, 0.2) is 0 Å². The van der Waals surface area contributed by atoms with E-state index in [1.807, 2.05) is 7.05 Å². The molecule has 0 saturated carbocycles. The van der Waals surface area contributed by atoms with Crippen molar-refractivity contribution in [3.8, 4) is 0 Å². The number of imidazole rings is 1. The molecular weight excluding hydrogens is 424 g/mol. The van der Waals surface area contributed by atoms with Crippen molar-refractivity contribution in [2.24, 2.45) is 13.0 Å². The minimum absolute atomic E-state index is 0.111. The van der Waals surface area contributed by atoms with Crippen LogP contribution in [0, 0.1) is 5.92 Å². The molecular formula is C22H24BrClN2O. The normalized spacial score (nSPS) is 19.4. The van der Waals surface area contributed by atoms with E-state index in [4.69, 9.17) is 11.6 Å². The topological polar surface area (TPSA) is 37.8 Å². The van der Waals surface area contributed by atoms with Crippen LogP contribution in [0.5, 0.6) is 0 Å². The molecule has 0 radical (unpaired) electrons. The largest absolute Gasteiger partial charge is 0.326 e. The van der Waals surface area contributed by atoms with Gasteiger partial charge in [-0.3, -0.25) is 4.57 Å². The smallest absolute Gasteiger partial charge is 0.304 e. The summed E-state index contributed by atoms with van der Waals surface area (Å²) in [6.45, 7) is 4.52. The lowest BCUT2D eigenvalue weighted by Crippen LogP contribution is -2.22. The van der Waals surface area contributed by atoms with E-state index in [1.165, 1.54) is 26.7 Å². The molecule has 3 nitrogen and oxygen atoms in total. The van der Waals surface area contributed by atoms with Gasteiger partial charge in [0.05, 0.1) is 16.1 Å². The maximum absolute atomic E-state index is 12.4. The minimum Gasteiger partial charge on any atom is -0.304 e. The fourth-order valence-electron chi connectivity index (χ4n) is 4.70. The van der Waals surface area contributed by atoms with E-state index in [-0.39, 0.29) is 11.6 Å². The van der Waals surface area contributed by atoms with Gasteiger partial charge < -0.3 is 4.98 Å². The monoisotopic (exact) mass is 446 g/mol. The van der Waals surface area contributed by atoms with Crippen molar-refractivity contribution in [3.05, 3.63) is 66.5 Å². The van der Waals surface area contributed by atoms with Crippen molar-refractivity contribution >= 4 is 38.6 Å². The van der Waals surface area contributed by atoms with E-state index in [2.05, 4.69) is 59.0 Å². The standard InChI is InChI=1S/C22H24BrClN2O/c1-4-6-13-11-17(24)20-21(26(3)22(27)25-20)19(13)18-12(2)9-10-14-15(18)7-5-8-16(14)23/h5,7-8,11-12,18H,4,6,9-10H2,1-3H3,(H,25,27)/t12-,18+/m0/s1. The van der Waals surface area contributed by atoms with E-state index < -0.39 is 0 Å². The third-order valence-corrected chi connectivity index (χ3v) is 7.03. The van der Waals surface area contributed by atoms with Crippen LogP contribution in [-0.4, -0.2) is 9.55 Å². The van der Waals surface area contributed by atoms with Gasteiger partial charge in [0, 0.05) is 17.4 Å². The van der Waals surface area contributed by atoms with Crippen LogP contribution >= 0.6 is 27.5 Å². The van der Waals surface area contributed by atoms with Crippen LogP contribution in [0.25, 0.3) is 11.0 Å². The predicted octanol–water partition coefficient (Wildman–Crippen LogP) is 5.95. The Balaban J connectivity index is 2.10. The van der Waals surface area contributed by atoms with Gasteiger partial charge in [0.25, 0.3) is 0 Å². The van der Waals surface area contributed by atoms with E-state index in [9.17, 15) is 4.79 Å². The second kappa shape index (κ2) is 7.14. The van der Waals surface area contributed by atoms with Gasteiger partial charge in [-0.25, -0.2) is 4.79 Å². The number of nitrogens with zero attached hydrogens (tertiary/aromatic N) is 1. The van der Waals surface area contributed by atoms with Crippen molar-refractivity contribution in [3.63, 3.8) is 0 Å². The SMILES string of the molecule is CCCc1cc(Cl)c2[nH]c(=O)n(C)c2c1[C@H]1c2cccc(Br)c2CC[C@@H]1C. The quantitative estimate of drug-likeness (QED) is 0.529. The Kier molecular flexibility index (Phi) is 4.98. The lowest BCUT2D eigenvalue weighted by Gasteiger charge is -2.34. The highest BCUT2D eigenvalue weighted by Gasteiger charge is 2.33. The molecule has 0 amide bonds. The van der Waals surface area contributed by atoms with Crippen LogP contribution in [0.1, 0.15) is 54.9 Å². The van der Waals surface area contributed by atoms with E-state index in [1.54, 1.807) is 4.57 Å². The number of fused-ring (bicyclic) bond motifs is 2. The first-order valence-electron chi connectivity index (χ1n) is 9.61. The van der Waals surface area contributed by atoms with Crippen LogP contribution in [0.15, 0.2) is 33.5 Å². The maximum Gasteiger partial charge on any atom is 0.326 e. The Morgan fingerprint density at radius 3 is 2.89 bits per heavy atom. The first kappa shape index (κ1) is 18.8. The molecule has 1 aromatic heterocycles. The van der Waals surface area contributed by atoms with Crippen molar-refractivity contribution in [2.75, 3.05) is 0 Å². The van der Waals surface area contributed by atoms with Crippen LogP contribution in [-0.2, 0) is 19.9 Å². The Hall–Kier alpha value is -1.52. The fourth-order valence-corrected chi connectivity index (χ4v) is 5.55. The third-order valence-electron chi connectivity index (χ3n) is 5.99. The molecule has 27 heavy (non-hydrogen) atoms. The van der Waals surface area contributed by atoms with Gasteiger partial charge in [-0.15, -0.1) is 0 Å². The second-order valence-corrected chi connectivity index (χ2v) is 8.96. The number of H-pyrrole nitrogens is 1. The zero-order valence-corrected chi connectivity index (χ0v) is 18.2. The van der Waals surface area contributed by atoms with Crippen molar-refractivity contribution < 1.29 is 0 Å². The van der Waals surface area contributed by atoms with Gasteiger partial charge in [0.1, 0.15) is 0 Å². The summed E-state index contributed by atoms with van der Waals surface area (Å²) < 4.78 is 2.91. The number of aromatic amines is 1. The highest BCUT2D eigenvalue weighted by atomic mass is 79.9. The minimum atomic E-state index is -0.111. The molecule has 0 aliphatic heterocycles. The Morgan fingerprint density at radius 2 is 2.15 bits per heavy atom.